The van der Waals surface area contributed by atoms with Crippen LogP contribution in [0.15, 0.2) is 22.7 Å². The molecule has 7 nitrogen and oxygen atoms in total. The van der Waals surface area contributed by atoms with E-state index in [-0.39, 0.29) is 5.54 Å². The maximum Gasteiger partial charge on any atom is 0.490 e. The van der Waals surface area contributed by atoms with Gasteiger partial charge in [0.2, 0.25) is 0 Å². The van der Waals surface area contributed by atoms with Crippen LogP contribution in [0.25, 0.3) is 0 Å². The molecule has 1 aliphatic rings. The van der Waals surface area contributed by atoms with E-state index in [2.05, 4.69) is 39.6 Å². The molecule has 170 valence electrons. The summed E-state index contributed by atoms with van der Waals surface area (Å²) < 4.78 is 37.9. The highest BCUT2D eigenvalue weighted by Gasteiger charge is 2.38. The summed E-state index contributed by atoms with van der Waals surface area (Å²) in [5.74, 6) is -3.65. The highest BCUT2D eigenvalue weighted by molar-refractivity contribution is 9.10. The van der Waals surface area contributed by atoms with Crippen molar-refractivity contribution in [3.05, 3.63) is 33.8 Å². The molecule has 0 saturated carbocycles. The molecule has 0 bridgehead atoms. The van der Waals surface area contributed by atoms with E-state index < -0.39 is 18.1 Å². The molecule has 0 amide bonds. The largest absolute Gasteiger partial charge is 0.490 e. The fourth-order valence-corrected chi connectivity index (χ4v) is 3.51. The van der Waals surface area contributed by atoms with E-state index in [4.69, 9.17) is 19.7 Å². The first kappa shape index (κ1) is 26.3. The molecule has 0 atom stereocenters. The van der Waals surface area contributed by atoms with Crippen molar-refractivity contribution in [1.82, 2.24) is 9.80 Å². The third-order valence-electron chi connectivity index (χ3n) is 4.66. The first-order chi connectivity index (χ1) is 13.8. The molecule has 1 saturated heterocycles. The number of carboxylic acid groups (broad SMARTS) is 2. The minimum absolute atomic E-state index is 0.0601. The van der Waals surface area contributed by atoms with Crippen molar-refractivity contribution >= 4 is 27.9 Å². The third kappa shape index (κ3) is 8.21. The van der Waals surface area contributed by atoms with Crippen LogP contribution in [-0.2, 0) is 16.1 Å². The van der Waals surface area contributed by atoms with Crippen LogP contribution in [0.1, 0.15) is 29.8 Å². The average Bonchev–Trinajstić information content (AvgIpc) is 2.63. The fourth-order valence-electron chi connectivity index (χ4n) is 3.01. The predicted molar refractivity (Wildman–Crippen MR) is 108 cm³/mol. The zero-order chi connectivity index (χ0) is 23.1. The van der Waals surface area contributed by atoms with Crippen molar-refractivity contribution in [3.8, 4) is 0 Å². The lowest BCUT2D eigenvalue weighted by atomic mass is 10.0. The van der Waals surface area contributed by atoms with Crippen LogP contribution >= 0.6 is 15.9 Å². The highest BCUT2D eigenvalue weighted by Crippen LogP contribution is 2.23. The van der Waals surface area contributed by atoms with Crippen molar-refractivity contribution in [3.63, 3.8) is 0 Å². The van der Waals surface area contributed by atoms with Gasteiger partial charge >= 0.3 is 18.1 Å². The summed E-state index contributed by atoms with van der Waals surface area (Å²) in [5, 5.41) is 16.1. The molecule has 0 unspecified atom stereocenters. The number of carbonyl (C=O) groups is 2. The van der Waals surface area contributed by atoms with E-state index in [1.54, 1.807) is 19.2 Å². The van der Waals surface area contributed by atoms with Crippen molar-refractivity contribution in [1.29, 1.82) is 0 Å². The lowest BCUT2D eigenvalue weighted by Crippen LogP contribution is -2.56. The minimum Gasteiger partial charge on any atom is -0.478 e. The predicted octanol–water partition coefficient (Wildman–Crippen LogP) is 3.32. The molecule has 2 rings (SSSR count). The van der Waals surface area contributed by atoms with E-state index in [0.717, 1.165) is 49.4 Å². The monoisotopic (exact) mass is 498 g/mol. The molecule has 1 heterocycles. The van der Waals surface area contributed by atoms with E-state index in [1.165, 1.54) is 0 Å². The van der Waals surface area contributed by atoms with Crippen LogP contribution < -0.4 is 0 Å². The van der Waals surface area contributed by atoms with E-state index in [1.807, 2.05) is 6.07 Å². The number of alkyl halides is 3. The number of halogens is 4. The number of hydrogen-bond acceptors (Lipinski definition) is 5. The van der Waals surface area contributed by atoms with Crippen LogP contribution in [-0.4, -0.2) is 83.6 Å². The van der Waals surface area contributed by atoms with Gasteiger partial charge in [0.15, 0.2) is 0 Å². The summed E-state index contributed by atoms with van der Waals surface area (Å²) in [4.78, 5) is 24.8. The Bertz CT molecular complexity index is 735. The topological polar surface area (TPSA) is 90.3 Å². The summed E-state index contributed by atoms with van der Waals surface area (Å²) in [7, 11) is 1.75. The molecule has 0 aromatic heterocycles. The SMILES string of the molecule is COCC(C)(C)N1CCN(Cc2ccc(C(=O)O)cc2Br)CC1.O=C(O)C(F)(F)F. The minimum atomic E-state index is -5.08. The van der Waals surface area contributed by atoms with Gasteiger partial charge in [-0.1, -0.05) is 22.0 Å². The highest BCUT2D eigenvalue weighted by atomic mass is 79.9. The van der Waals surface area contributed by atoms with Gasteiger partial charge in [-0.15, -0.1) is 0 Å². The average molecular weight is 499 g/mol. The summed E-state index contributed by atoms with van der Waals surface area (Å²) in [6.45, 7) is 10.0. The quantitative estimate of drug-likeness (QED) is 0.621. The molecule has 11 heteroatoms. The summed E-state index contributed by atoms with van der Waals surface area (Å²) in [6.07, 6.45) is -5.08. The molecule has 1 fully saturated rings. The number of rotatable bonds is 6. The van der Waals surface area contributed by atoms with Gasteiger partial charge in [-0.25, -0.2) is 9.59 Å². The molecule has 1 aliphatic heterocycles. The Morgan fingerprint density at radius 1 is 1.13 bits per heavy atom. The Hall–Kier alpha value is -1.69. The Morgan fingerprint density at radius 3 is 2.07 bits per heavy atom. The second-order valence-electron chi connectivity index (χ2n) is 7.42. The Balaban J connectivity index is 0.000000553. The van der Waals surface area contributed by atoms with Crippen molar-refractivity contribution in [2.75, 3.05) is 39.9 Å². The van der Waals surface area contributed by atoms with Gasteiger partial charge in [-0.05, 0) is 31.5 Å². The summed E-state index contributed by atoms with van der Waals surface area (Å²) >= 11 is 3.49. The van der Waals surface area contributed by atoms with E-state index in [0.29, 0.717) is 5.56 Å². The number of carboxylic acids is 2. The van der Waals surface area contributed by atoms with E-state index >= 15 is 0 Å². The molecule has 1 aromatic rings. The van der Waals surface area contributed by atoms with Gasteiger partial charge < -0.3 is 14.9 Å². The number of piperazine rings is 1. The normalized spacial score (nSPS) is 16.0. The van der Waals surface area contributed by atoms with Crippen LogP contribution in [0.3, 0.4) is 0 Å². The van der Waals surface area contributed by atoms with Gasteiger partial charge in [0.1, 0.15) is 0 Å². The van der Waals surface area contributed by atoms with Gasteiger partial charge in [0.25, 0.3) is 0 Å². The Kier molecular flexibility index (Phi) is 9.73. The molecule has 30 heavy (non-hydrogen) atoms. The number of hydrogen-bond donors (Lipinski definition) is 2. The zero-order valence-corrected chi connectivity index (χ0v) is 18.6. The second-order valence-corrected chi connectivity index (χ2v) is 8.28. The first-order valence-corrected chi connectivity index (χ1v) is 9.85. The molecule has 0 aliphatic carbocycles. The number of nitrogens with zero attached hydrogens (tertiary/aromatic N) is 2. The summed E-state index contributed by atoms with van der Waals surface area (Å²) in [5.41, 5.74) is 1.50. The van der Waals surface area contributed by atoms with Gasteiger partial charge in [-0.3, -0.25) is 9.80 Å². The van der Waals surface area contributed by atoms with Gasteiger partial charge in [0.05, 0.1) is 12.2 Å². The van der Waals surface area contributed by atoms with Gasteiger partial charge in [-0.2, -0.15) is 13.2 Å². The van der Waals surface area contributed by atoms with Crippen molar-refractivity contribution in [2.24, 2.45) is 0 Å². The van der Waals surface area contributed by atoms with Crippen molar-refractivity contribution in [2.45, 2.75) is 32.1 Å². The molecule has 2 N–H and O–H groups in total. The Labute approximate surface area is 181 Å². The fraction of sp³-hybridized carbons (Fsp3) is 0.579. The maximum absolute atomic E-state index is 11.0. The smallest absolute Gasteiger partial charge is 0.478 e. The lowest BCUT2D eigenvalue weighted by Gasteiger charge is -2.43. The zero-order valence-electron chi connectivity index (χ0n) is 17.0. The Morgan fingerprint density at radius 2 is 1.67 bits per heavy atom. The number of aromatic carboxylic acids is 1. The van der Waals surface area contributed by atoms with Crippen molar-refractivity contribution < 1.29 is 37.7 Å². The number of ether oxygens (including phenoxy) is 1. The molecule has 1 aromatic carbocycles. The molecule has 0 spiro atoms. The van der Waals surface area contributed by atoms with E-state index in [9.17, 15) is 18.0 Å². The van der Waals surface area contributed by atoms with Crippen LogP contribution in [0.2, 0.25) is 0 Å². The molecule has 0 radical (unpaired) electrons. The van der Waals surface area contributed by atoms with Crippen LogP contribution in [0, 0.1) is 0 Å². The third-order valence-corrected chi connectivity index (χ3v) is 5.40. The first-order valence-electron chi connectivity index (χ1n) is 9.06. The number of methoxy groups -OCH3 is 1. The van der Waals surface area contributed by atoms with Gasteiger partial charge in [0, 0.05) is 49.8 Å². The molecular formula is C19H26BrF3N2O5. The standard InChI is InChI=1S/C17H25BrN2O3.C2HF3O2/c1-17(2,12-23-3)20-8-6-19(7-9-20)11-14-5-4-13(16(21)22)10-15(14)18;3-2(4,5)1(6)7/h4-5,10H,6-9,11-12H2,1-3H3,(H,21,22);(H,6,7). The van der Waals surface area contributed by atoms with Crippen LogP contribution in [0.5, 0.6) is 0 Å². The second kappa shape index (κ2) is 11.1. The maximum atomic E-state index is 11.0. The summed E-state index contributed by atoms with van der Waals surface area (Å²) in [6, 6.07) is 5.24. The number of aliphatic carboxylic acids is 1. The molecular weight excluding hydrogens is 473 g/mol. The number of benzene rings is 1. The lowest BCUT2D eigenvalue weighted by molar-refractivity contribution is -0.192. The van der Waals surface area contributed by atoms with Crippen LogP contribution in [0.4, 0.5) is 13.2 Å².